The van der Waals surface area contributed by atoms with Crippen molar-refractivity contribution in [2.45, 2.75) is 20.4 Å². The van der Waals surface area contributed by atoms with E-state index in [4.69, 9.17) is 0 Å². The number of aryl methyl sites for hydroxylation is 1. The monoisotopic (exact) mass is 402 g/mol. The Kier molecular flexibility index (Phi) is 5.53. The van der Waals surface area contributed by atoms with E-state index in [2.05, 4.69) is 5.32 Å². The van der Waals surface area contributed by atoms with Gasteiger partial charge in [-0.05, 0) is 49.1 Å². The van der Waals surface area contributed by atoms with Crippen LogP contribution in [0.2, 0.25) is 0 Å². The Morgan fingerprint density at radius 3 is 2.44 bits per heavy atom. The van der Waals surface area contributed by atoms with Crippen LogP contribution in [0.1, 0.15) is 27.7 Å². The van der Waals surface area contributed by atoms with E-state index in [-0.39, 0.29) is 12.5 Å². The molecule has 0 fully saturated rings. The average molecular weight is 403 g/mol. The zero-order valence-corrected chi connectivity index (χ0v) is 17.2. The molecule has 3 rings (SSSR count). The molecule has 0 saturated carbocycles. The van der Waals surface area contributed by atoms with Crippen LogP contribution < -0.4 is 9.62 Å². The van der Waals surface area contributed by atoms with Crippen LogP contribution in [0.15, 0.2) is 48.5 Å². The minimum atomic E-state index is -3.46. The minimum absolute atomic E-state index is 0.111. The fraction of sp³-hybridized carbons (Fsp3) is 0.250. The number of amides is 1. The van der Waals surface area contributed by atoms with Crippen molar-refractivity contribution < 1.29 is 13.2 Å². The van der Waals surface area contributed by atoms with Gasteiger partial charge in [0.05, 0.1) is 23.4 Å². The number of rotatable bonds is 6. The van der Waals surface area contributed by atoms with E-state index in [0.717, 1.165) is 21.2 Å². The summed E-state index contributed by atoms with van der Waals surface area (Å²) in [4.78, 5) is 12.7. The topological polar surface area (TPSA) is 66.5 Å². The van der Waals surface area contributed by atoms with Crippen molar-refractivity contribution >= 4 is 43.0 Å². The molecule has 0 saturated heterocycles. The van der Waals surface area contributed by atoms with E-state index < -0.39 is 10.0 Å². The molecule has 0 radical (unpaired) electrons. The van der Waals surface area contributed by atoms with Crippen LogP contribution in [-0.4, -0.2) is 27.1 Å². The van der Waals surface area contributed by atoms with Crippen LogP contribution in [0, 0.1) is 6.92 Å². The van der Waals surface area contributed by atoms with Crippen molar-refractivity contribution in [3.8, 4) is 0 Å². The van der Waals surface area contributed by atoms with Crippen LogP contribution in [-0.2, 0) is 16.6 Å². The second-order valence-corrected chi connectivity index (χ2v) is 9.44. The van der Waals surface area contributed by atoms with Crippen molar-refractivity contribution in [3.05, 3.63) is 64.5 Å². The smallest absolute Gasteiger partial charge is 0.261 e. The Hall–Kier alpha value is -2.38. The summed E-state index contributed by atoms with van der Waals surface area (Å²) in [7, 11) is -3.46. The first kappa shape index (κ1) is 19.4. The zero-order valence-electron chi connectivity index (χ0n) is 15.5. The maximum absolute atomic E-state index is 12.4. The maximum Gasteiger partial charge on any atom is 0.261 e. The lowest BCUT2D eigenvalue weighted by molar-refractivity contribution is 0.0960. The Morgan fingerprint density at radius 2 is 1.81 bits per heavy atom. The quantitative estimate of drug-likeness (QED) is 0.679. The number of nitrogens with zero attached hydrogens (tertiary/aromatic N) is 1. The van der Waals surface area contributed by atoms with Crippen LogP contribution in [0.3, 0.4) is 0 Å². The number of carbonyl (C=O) groups excluding carboxylic acids is 1. The summed E-state index contributed by atoms with van der Waals surface area (Å²) in [5.41, 5.74) is 2.63. The van der Waals surface area contributed by atoms with Crippen LogP contribution in [0.4, 0.5) is 5.69 Å². The highest BCUT2D eigenvalue weighted by molar-refractivity contribution is 7.92. The predicted molar refractivity (Wildman–Crippen MR) is 112 cm³/mol. The largest absolute Gasteiger partial charge is 0.352 e. The molecule has 0 atom stereocenters. The summed E-state index contributed by atoms with van der Waals surface area (Å²) in [5.74, 6) is -0.111. The molecule has 0 aliphatic rings. The highest BCUT2D eigenvalue weighted by Gasteiger charge is 2.19. The predicted octanol–water partition coefficient (Wildman–Crippen LogP) is 3.93. The number of hydrogen-bond acceptors (Lipinski definition) is 4. The summed E-state index contributed by atoms with van der Waals surface area (Å²) in [6.07, 6.45) is 1.21. The summed E-state index contributed by atoms with van der Waals surface area (Å²) in [6, 6.07) is 15.1. The SMILES string of the molecule is CCNC(=O)c1cc2cc(N(Cc3ccc(C)cc3)S(C)(=O)=O)ccc2s1. The van der Waals surface area contributed by atoms with Gasteiger partial charge in [-0.25, -0.2) is 8.42 Å². The van der Waals surface area contributed by atoms with E-state index in [9.17, 15) is 13.2 Å². The van der Waals surface area contributed by atoms with Gasteiger partial charge in [0.15, 0.2) is 0 Å². The Labute approximate surface area is 163 Å². The molecule has 1 amide bonds. The highest BCUT2D eigenvalue weighted by atomic mass is 32.2. The van der Waals surface area contributed by atoms with Crippen molar-refractivity contribution in [3.63, 3.8) is 0 Å². The van der Waals surface area contributed by atoms with Gasteiger partial charge in [-0.2, -0.15) is 0 Å². The summed E-state index contributed by atoms with van der Waals surface area (Å²) < 4.78 is 27.1. The van der Waals surface area contributed by atoms with E-state index >= 15 is 0 Å². The number of fused-ring (bicyclic) bond motifs is 1. The molecule has 5 nitrogen and oxygen atoms in total. The number of anilines is 1. The molecule has 1 N–H and O–H groups in total. The lowest BCUT2D eigenvalue weighted by Gasteiger charge is -2.22. The zero-order chi connectivity index (χ0) is 19.6. The van der Waals surface area contributed by atoms with Gasteiger partial charge < -0.3 is 5.32 Å². The first-order chi connectivity index (χ1) is 12.8. The van der Waals surface area contributed by atoms with Gasteiger partial charge in [0.1, 0.15) is 0 Å². The van der Waals surface area contributed by atoms with Gasteiger partial charge in [0, 0.05) is 11.2 Å². The second-order valence-electron chi connectivity index (χ2n) is 6.45. The van der Waals surface area contributed by atoms with Crippen molar-refractivity contribution in [1.29, 1.82) is 0 Å². The molecule has 0 aliphatic heterocycles. The molecule has 1 aromatic heterocycles. The number of thiophene rings is 1. The fourth-order valence-electron chi connectivity index (χ4n) is 2.80. The van der Waals surface area contributed by atoms with Crippen LogP contribution in [0.25, 0.3) is 10.1 Å². The third-order valence-electron chi connectivity index (χ3n) is 4.20. The standard InChI is InChI=1S/C20H22N2O3S2/c1-4-21-20(23)19-12-16-11-17(9-10-18(16)26-19)22(27(3,24)25)13-15-7-5-14(2)6-8-15/h5-12H,4,13H2,1-3H3,(H,21,23). The van der Waals surface area contributed by atoms with Gasteiger partial charge in [-0.15, -0.1) is 11.3 Å². The van der Waals surface area contributed by atoms with E-state index in [1.54, 1.807) is 12.1 Å². The summed E-state index contributed by atoms with van der Waals surface area (Å²) in [6.45, 7) is 4.70. The van der Waals surface area contributed by atoms with Gasteiger partial charge in [-0.1, -0.05) is 29.8 Å². The molecule has 0 aliphatic carbocycles. The minimum Gasteiger partial charge on any atom is -0.352 e. The molecular formula is C20H22N2O3S2. The fourth-order valence-corrected chi connectivity index (χ4v) is 4.64. The lowest BCUT2D eigenvalue weighted by Crippen LogP contribution is -2.29. The molecule has 2 aromatic carbocycles. The van der Waals surface area contributed by atoms with Gasteiger partial charge in [-0.3, -0.25) is 9.10 Å². The second kappa shape index (κ2) is 7.70. The van der Waals surface area contributed by atoms with E-state index in [0.29, 0.717) is 17.1 Å². The van der Waals surface area contributed by atoms with Crippen LogP contribution >= 0.6 is 11.3 Å². The van der Waals surface area contributed by atoms with Gasteiger partial charge in [0.25, 0.3) is 5.91 Å². The number of sulfonamides is 1. The Morgan fingerprint density at radius 1 is 1.11 bits per heavy atom. The summed E-state index contributed by atoms with van der Waals surface area (Å²) >= 11 is 1.40. The first-order valence-corrected chi connectivity index (χ1v) is 11.3. The molecule has 7 heteroatoms. The number of nitrogens with one attached hydrogen (secondary N) is 1. The molecule has 1 heterocycles. The Balaban J connectivity index is 1.97. The normalized spacial score (nSPS) is 11.5. The van der Waals surface area contributed by atoms with Crippen LogP contribution in [0.5, 0.6) is 0 Å². The highest BCUT2D eigenvalue weighted by Crippen LogP contribution is 2.31. The molecule has 0 spiro atoms. The molecule has 0 unspecified atom stereocenters. The van der Waals surface area contributed by atoms with E-state index in [1.165, 1.54) is 21.9 Å². The van der Waals surface area contributed by atoms with Crippen molar-refractivity contribution in [2.75, 3.05) is 17.1 Å². The van der Waals surface area contributed by atoms with Crippen molar-refractivity contribution in [1.82, 2.24) is 5.32 Å². The molecule has 142 valence electrons. The number of carbonyl (C=O) groups is 1. The summed E-state index contributed by atoms with van der Waals surface area (Å²) in [5, 5.41) is 3.64. The average Bonchev–Trinajstić information content (AvgIpc) is 3.03. The molecular weight excluding hydrogens is 380 g/mol. The Bertz CT molecular complexity index is 1070. The van der Waals surface area contributed by atoms with Gasteiger partial charge >= 0.3 is 0 Å². The number of benzene rings is 2. The third-order valence-corrected chi connectivity index (χ3v) is 6.45. The lowest BCUT2D eigenvalue weighted by atomic mass is 10.1. The molecule has 3 aromatic rings. The first-order valence-electron chi connectivity index (χ1n) is 8.63. The third kappa shape index (κ3) is 4.48. The number of hydrogen-bond donors (Lipinski definition) is 1. The maximum atomic E-state index is 12.4. The molecule has 0 bridgehead atoms. The van der Waals surface area contributed by atoms with E-state index in [1.807, 2.05) is 50.2 Å². The van der Waals surface area contributed by atoms with Crippen molar-refractivity contribution in [2.24, 2.45) is 0 Å². The molecule has 27 heavy (non-hydrogen) atoms. The van der Waals surface area contributed by atoms with Gasteiger partial charge in [0.2, 0.25) is 10.0 Å².